The average Bonchev–Trinajstić information content (AvgIpc) is 2.27. The number of carbonyl (C=O) groups excluding carboxylic acids is 1. The normalized spacial score (nSPS) is 9.38. The standard InChI is InChI=1S/C3H9O2P.C3H9OP.C2H5NO2.C2H4OS2/c1-5-6(2,3)4;1-5(2,3)4;1-2(4)3-5;1-3-2(4)5/h1-3H3;1-3H3;5H,1H3,(H,3,4);1H3,(H,4,5)/p-1. The van der Waals surface area contributed by atoms with E-state index in [9.17, 15) is 13.9 Å². The summed E-state index contributed by atoms with van der Waals surface area (Å²) in [5.74, 6) is -0.440. The van der Waals surface area contributed by atoms with E-state index >= 15 is 0 Å². The van der Waals surface area contributed by atoms with Gasteiger partial charge in [-0.3, -0.25) is 14.6 Å². The lowest BCUT2D eigenvalue weighted by Crippen LogP contribution is -2.12. The van der Waals surface area contributed by atoms with E-state index < -0.39 is 20.4 Å². The molecule has 0 unspecified atom stereocenters. The van der Waals surface area contributed by atoms with Crippen molar-refractivity contribution in [2.45, 2.75) is 6.92 Å². The van der Waals surface area contributed by atoms with Crippen molar-refractivity contribution in [2.24, 2.45) is 0 Å². The lowest BCUT2D eigenvalue weighted by molar-refractivity contribution is -0.126. The van der Waals surface area contributed by atoms with Gasteiger partial charge in [0.2, 0.25) is 5.91 Å². The number of amides is 1. The van der Waals surface area contributed by atoms with Crippen LogP contribution in [-0.4, -0.2) is 63.0 Å². The van der Waals surface area contributed by atoms with Crippen LogP contribution in [0.4, 0.5) is 0 Å². The minimum absolute atomic E-state index is 0.171. The van der Waals surface area contributed by atoms with Crippen LogP contribution < -0.4 is 5.48 Å². The fourth-order valence-electron chi connectivity index (χ4n) is 0. The molecule has 0 aliphatic carbocycles. The molecule has 7 nitrogen and oxygen atoms in total. The lowest BCUT2D eigenvalue weighted by Gasteiger charge is -1.98. The molecule has 0 rings (SSSR count). The van der Waals surface area contributed by atoms with Crippen LogP contribution in [0.3, 0.4) is 0 Å². The molecule has 0 saturated heterocycles. The fraction of sp³-hybridized carbons (Fsp3) is 0.800. The zero-order chi connectivity index (χ0) is 18.3. The molecule has 11 heteroatoms. The number of thiocarbonyl (C=S) groups is 1. The Labute approximate surface area is 138 Å². The second-order valence-corrected chi connectivity index (χ2v) is 12.1. The van der Waals surface area contributed by atoms with Crippen LogP contribution in [-0.2, 0) is 35.8 Å². The molecule has 0 saturated carbocycles. The van der Waals surface area contributed by atoms with Crippen LogP contribution >= 0.6 is 26.7 Å². The van der Waals surface area contributed by atoms with Gasteiger partial charge in [0.05, 0.1) is 14.3 Å². The Hall–Kier alpha value is -0.0400. The molecule has 0 bridgehead atoms. The highest BCUT2D eigenvalue weighted by Crippen LogP contribution is 2.35. The Morgan fingerprint density at radius 2 is 1.29 bits per heavy atom. The van der Waals surface area contributed by atoms with Gasteiger partial charge in [0, 0.05) is 31.7 Å². The van der Waals surface area contributed by atoms with E-state index in [-0.39, 0.29) is 4.38 Å². The molecule has 130 valence electrons. The van der Waals surface area contributed by atoms with E-state index in [0.29, 0.717) is 0 Å². The van der Waals surface area contributed by atoms with E-state index in [0.717, 1.165) is 0 Å². The van der Waals surface area contributed by atoms with E-state index in [2.05, 4.69) is 34.1 Å². The van der Waals surface area contributed by atoms with E-state index in [1.807, 2.05) is 0 Å². The second kappa shape index (κ2) is 16.3. The topological polar surface area (TPSA) is 102 Å². The van der Waals surface area contributed by atoms with Gasteiger partial charge in [-0.25, -0.2) is 5.48 Å². The summed E-state index contributed by atoms with van der Waals surface area (Å²) in [7, 11) is -0.887. The quantitative estimate of drug-likeness (QED) is 0.234. The maximum atomic E-state index is 10.4. The van der Waals surface area contributed by atoms with Crippen molar-refractivity contribution in [3.05, 3.63) is 0 Å². The number of hydrogen-bond acceptors (Lipinski definition) is 8. The van der Waals surface area contributed by atoms with Gasteiger partial charge in [0.15, 0.2) is 7.37 Å². The first kappa shape index (κ1) is 29.0. The Balaban J connectivity index is -0.0000000921. The zero-order valence-electron chi connectivity index (χ0n) is 13.7. The van der Waals surface area contributed by atoms with Crippen LogP contribution in [0.5, 0.6) is 0 Å². The molecule has 21 heavy (non-hydrogen) atoms. The lowest BCUT2D eigenvalue weighted by atomic mass is 10.8. The molecule has 0 radical (unpaired) electrons. The van der Waals surface area contributed by atoms with Crippen molar-refractivity contribution in [1.82, 2.24) is 5.48 Å². The monoisotopic (exact) mass is 382 g/mol. The smallest absolute Gasteiger partial charge is 0.240 e. The molecule has 1 amide bonds. The molecular weight excluding hydrogens is 356 g/mol. The van der Waals surface area contributed by atoms with Gasteiger partial charge in [-0.2, -0.15) is 0 Å². The molecule has 0 aliphatic rings. The maximum Gasteiger partial charge on any atom is 0.240 e. The van der Waals surface area contributed by atoms with E-state index in [4.69, 9.17) is 5.21 Å². The first-order valence-corrected chi connectivity index (χ1v) is 11.8. The summed E-state index contributed by atoms with van der Waals surface area (Å²) in [4.78, 5) is 9.45. The predicted molar refractivity (Wildman–Crippen MR) is 94.4 cm³/mol. The van der Waals surface area contributed by atoms with Gasteiger partial charge in [-0.05, 0) is 20.0 Å². The third kappa shape index (κ3) is 133. The molecule has 0 atom stereocenters. The van der Waals surface area contributed by atoms with Crippen LogP contribution in [0.15, 0.2) is 0 Å². The van der Waals surface area contributed by atoms with Gasteiger partial charge in [0.25, 0.3) is 0 Å². The summed E-state index contributed by atoms with van der Waals surface area (Å²) in [6.07, 6.45) is 0. The number of hydroxylamine groups is 1. The molecule has 2 N–H and O–H groups in total. The van der Waals surface area contributed by atoms with Crippen LogP contribution in [0, 0.1) is 0 Å². The van der Waals surface area contributed by atoms with Crippen molar-refractivity contribution in [3.8, 4) is 0 Å². The number of methoxy groups -OCH3 is 1. The Morgan fingerprint density at radius 3 is 1.29 bits per heavy atom. The second-order valence-electron chi connectivity index (χ2n) is 4.45. The van der Waals surface area contributed by atoms with Crippen LogP contribution in [0.2, 0.25) is 0 Å². The molecule has 0 aromatic heterocycles. The summed E-state index contributed by atoms with van der Waals surface area (Å²) < 4.78 is 29.5. The summed E-state index contributed by atoms with van der Waals surface area (Å²) >= 11 is 8.58. The summed E-state index contributed by atoms with van der Waals surface area (Å²) in [5.41, 5.74) is 1.39. The Kier molecular flexibility index (Phi) is 22.6. The van der Waals surface area contributed by atoms with Crippen molar-refractivity contribution in [1.29, 1.82) is 0 Å². The third-order valence-corrected chi connectivity index (χ3v) is 1.98. The first-order chi connectivity index (χ1) is 9.10. The van der Waals surface area contributed by atoms with Crippen molar-refractivity contribution < 1.29 is 28.4 Å². The largest absolute Gasteiger partial charge is 0.517 e. The predicted octanol–water partition coefficient (Wildman–Crippen LogP) is 2.39. The Bertz CT molecular complexity index is 344. The summed E-state index contributed by atoms with van der Waals surface area (Å²) in [6, 6.07) is 0. The zero-order valence-corrected chi connectivity index (χ0v) is 17.1. The van der Waals surface area contributed by atoms with Gasteiger partial charge >= 0.3 is 0 Å². The first-order valence-electron chi connectivity index (χ1n) is 5.39. The Morgan fingerprint density at radius 1 is 1.14 bits per heavy atom. The maximum absolute atomic E-state index is 10.4. The van der Waals surface area contributed by atoms with Crippen molar-refractivity contribution >= 4 is 49.6 Å². The highest BCUT2D eigenvalue weighted by Gasteiger charge is 1.99. The van der Waals surface area contributed by atoms with Gasteiger partial charge in [-0.15, -0.1) is 0 Å². The highest BCUT2D eigenvalue weighted by molar-refractivity contribution is 7.99. The minimum Gasteiger partial charge on any atom is -0.517 e. The van der Waals surface area contributed by atoms with Gasteiger partial charge < -0.3 is 38.7 Å². The van der Waals surface area contributed by atoms with Crippen LogP contribution in [0.25, 0.3) is 0 Å². The number of ether oxygens (including phenoxy) is 1. The molecular formula is C10H26NO6P2S2-. The summed E-state index contributed by atoms with van der Waals surface area (Å²) in [5, 5.41) is 7.54. The molecule has 0 fully saturated rings. The molecule has 0 aromatic carbocycles. The third-order valence-electron chi connectivity index (χ3n) is 0.764. The van der Waals surface area contributed by atoms with Gasteiger partial charge in [-0.1, -0.05) is 0 Å². The van der Waals surface area contributed by atoms with E-state index in [1.165, 1.54) is 26.6 Å². The molecule has 0 spiro atoms. The minimum atomic E-state index is -2.15. The number of rotatable bonds is 1. The number of carbonyl (C=O) groups is 1. The average molecular weight is 382 g/mol. The SMILES string of the molecule is CC(=O)NO.COC(=S)[S-].COP(C)(C)=O.CP(C)(C)=O. The number of nitrogens with one attached hydrogen (secondary N) is 1. The van der Waals surface area contributed by atoms with Crippen molar-refractivity contribution in [2.75, 3.05) is 47.5 Å². The number of hydrogen-bond donors (Lipinski definition) is 2. The molecule has 0 heterocycles. The van der Waals surface area contributed by atoms with Crippen LogP contribution in [0.1, 0.15) is 6.92 Å². The van der Waals surface area contributed by atoms with E-state index in [1.54, 1.807) is 33.3 Å². The van der Waals surface area contributed by atoms with Crippen molar-refractivity contribution in [3.63, 3.8) is 0 Å². The summed E-state index contributed by atoms with van der Waals surface area (Å²) in [6.45, 7) is 9.60. The molecule has 0 aliphatic heterocycles. The highest BCUT2D eigenvalue weighted by atomic mass is 32.1. The molecule has 0 aromatic rings. The van der Waals surface area contributed by atoms with Gasteiger partial charge in [0.1, 0.15) is 0 Å². The fourth-order valence-corrected chi connectivity index (χ4v) is 0.